The predicted octanol–water partition coefficient (Wildman–Crippen LogP) is 3.43. The van der Waals surface area contributed by atoms with E-state index in [1.165, 1.54) is 0 Å². The van der Waals surface area contributed by atoms with Crippen molar-refractivity contribution in [2.45, 2.75) is 40.0 Å². The van der Waals surface area contributed by atoms with E-state index in [1.807, 2.05) is 23.6 Å². The molecule has 0 aliphatic carbocycles. The van der Waals surface area contributed by atoms with Crippen LogP contribution in [0.1, 0.15) is 29.8 Å². The Labute approximate surface area is 143 Å². The number of aromatic nitrogens is 1. The first-order chi connectivity index (χ1) is 11.3. The second kappa shape index (κ2) is 7.06. The number of hydrogen-bond acceptors (Lipinski definition) is 3. The third-order valence-electron chi connectivity index (χ3n) is 3.50. The van der Waals surface area contributed by atoms with Crippen LogP contribution in [0.15, 0.2) is 29.2 Å². The number of fused-ring (bicyclic) bond motifs is 1. The number of benzene rings is 1. The molecule has 0 N–H and O–H groups in total. The molecule has 0 atom stereocenters. The summed E-state index contributed by atoms with van der Waals surface area (Å²) in [4.78, 5) is 24.8. The van der Waals surface area contributed by atoms with Crippen LogP contribution in [-0.2, 0) is 11.3 Å². The van der Waals surface area contributed by atoms with Crippen molar-refractivity contribution in [2.24, 2.45) is 0 Å². The summed E-state index contributed by atoms with van der Waals surface area (Å²) >= 11 is 0. The van der Waals surface area contributed by atoms with Crippen molar-refractivity contribution in [1.82, 2.24) is 4.57 Å². The topological polar surface area (TPSA) is 48.3 Å². The van der Waals surface area contributed by atoms with Gasteiger partial charge in [-0.1, -0.05) is 25.6 Å². The fraction of sp³-hybridized carbons (Fsp3) is 0.368. The lowest BCUT2D eigenvalue weighted by Crippen LogP contribution is -2.21. The molecule has 1 heterocycles. The molecule has 0 aliphatic heterocycles. The van der Waals surface area contributed by atoms with Gasteiger partial charge in [0.2, 0.25) is 5.43 Å². The Balaban J connectivity index is 2.69. The summed E-state index contributed by atoms with van der Waals surface area (Å²) in [6, 6.07) is 5.59. The second-order valence-electron chi connectivity index (χ2n) is 6.61. The fourth-order valence-corrected chi connectivity index (χ4v) is 2.87. The number of rotatable bonds is 3. The summed E-state index contributed by atoms with van der Waals surface area (Å²) in [5.74, 6) is 2.58. The number of aryl methyl sites for hydroxylation is 1. The minimum atomic E-state index is -1.50. The van der Waals surface area contributed by atoms with Gasteiger partial charge in [0.05, 0.1) is 12.1 Å². The van der Waals surface area contributed by atoms with E-state index in [4.69, 9.17) is 4.74 Å². The first-order valence-electron chi connectivity index (χ1n) is 8.14. The van der Waals surface area contributed by atoms with Gasteiger partial charge in [-0.3, -0.25) is 4.79 Å². The number of ether oxygens (including phenoxy) is 1. The Morgan fingerprint density at radius 3 is 2.54 bits per heavy atom. The number of nitrogens with zero attached hydrogens (tertiary/aromatic N) is 1. The van der Waals surface area contributed by atoms with Crippen molar-refractivity contribution in [1.29, 1.82) is 0 Å². The van der Waals surface area contributed by atoms with E-state index >= 15 is 0 Å². The summed E-state index contributed by atoms with van der Waals surface area (Å²) in [5, 5.41) is 0.504. The molecule has 0 saturated carbocycles. The van der Waals surface area contributed by atoms with Crippen LogP contribution in [0, 0.1) is 11.5 Å². The highest BCUT2D eigenvalue weighted by Crippen LogP contribution is 2.15. The van der Waals surface area contributed by atoms with Gasteiger partial charge in [-0.25, -0.2) is 4.79 Å². The normalized spacial score (nSPS) is 11.0. The Morgan fingerprint density at radius 2 is 1.96 bits per heavy atom. The molecule has 0 aliphatic rings. The molecule has 0 saturated heterocycles. The molecule has 0 unspecified atom stereocenters. The SMILES string of the molecule is CCOC(=O)c1cn(CC)c2ccc(C#C[Si](C)(C)C)cc2c1=O. The molecular formula is C19H23NO3Si. The van der Waals surface area contributed by atoms with Crippen molar-refractivity contribution in [3.63, 3.8) is 0 Å². The highest BCUT2D eigenvalue weighted by molar-refractivity contribution is 6.83. The molecule has 1 aromatic heterocycles. The van der Waals surface area contributed by atoms with E-state index in [0.717, 1.165) is 11.1 Å². The lowest BCUT2D eigenvalue weighted by Gasteiger charge is -2.11. The Morgan fingerprint density at radius 1 is 1.25 bits per heavy atom. The molecular weight excluding hydrogens is 318 g/mol. The van der Waals surface area contributed by atoms with Gasteiger partial charge in [0, 0.05) is 23.7 Å². The summed E-state index contributed by atoms with van der Waals surface area (Å²) in [6.45, 7) is 11.1. The molecule has 2 rings (SSSR count). The average Bonchev–Trinajstić information content (AvgIpc) is 2.53. The third-order valence-corrected chi connectivity index (χ3v) is 4.37. The average molecular weight is 341 g/mol. The maximum Gasteiger partial charge on any atom is 0.343 e. The lowest BCUT2D eigenvalue weighted by atomic mass is 10.1. The minimum Gasteiger partial charge on any atom is -0.462 e. The number of hydrogen-bond donors (Lipinski definition) is 0. The van der Waals surface area contributed by atoms with Crippen molar-refractivity contribution in [2.75, 3.05) is 6.61 Å². The smallest absolute Gasteiger partial charge is 0.343 e. The highest BCUT2D eigenvalue weighted by Gasteiger charge is 2.16. The summed E-state index contributed by atoms with van der Waals surface area (Å²) in [5.41, 5.74) is 4.66. The molecule has 5 heteroatoms. The van der Waals surface area contributed by atoms with E-state index < -0.39 is 14.0 Å². The van der Waals surface area contributed by atoms with Gasteiger partial charge >= 0.3 is 5.97 Å². The molecule has 0 fully saturated rings. The maximum absolute atomic E-state index is 12.7. The van der Waals surface area contributed by atoms with Crippen molar-refractivity contribution >= 4 is 24.9 Å². The second-order valence-corrected chi connectivity index (χ2v) is 11.4. The number of carbonyl (C=O) groups excluding carboxylic acids is 1. The van der Waals surface area contributed by atoms with Crippen LogP contribution in [0.5, 0.6) is 0 Å². The third kappa shape index (κ3) is 3.95. The van der Waals surface area contributed by atoms with Gasteiger partial charge in [-0.2, -0.15) is 0 Å². The summed E-state index contributed by atoms with van der Waals surface area (Å²) in [6.07, 6.45) is 1.58. The molecule has 0 spiro atoms. The molecule has 2 aromatic rings. The first kappa shape index (κ1) is 18.0. The van der Waals surface area contributed by atoms with E-state index in [2.05, 4.69) is 31.1 Å². The number of carbonyl (C=O) groups is 1. The van der Waals surface area contributed by atoms with Crippen molar-refractivity contribution < 1.29 is 9.53 Å². The van der Waals surface area contributed by atoms with Crippen LogP contribution in [-0.4, -0.2) is 25.2 Å². The molecule has 0 radical (unpaired) electrons. The fourth-order valence-electron chi connectivity index (χ4n) is 2.35. The lowest BCUT2D eigenvalue weighted by molar-refractivity contribution is 0.0524. The first-order valence-corrected chi connectivity index (χ1v) is 11.6. The van der Waals surface area contributed by atoms with Gasteiger partial charge in [0.25, 0.3) is 0 Å². The van der Waals surface area contributed by atoms with Crippen LogP contribution >= 0.6 is 0 Å². The van der Waals surface area contributed by atoms with Crippen LogP contribution in [0.3, 0.4) is 0 Å². The van der Waals surface area contributed by atoms with Crippen LogP contribution in [0.4, 0.5) is 0 Å². The molecule has 1 aromatic carbocycles. The predicted molar refractivity (Wildman–Crippen MR) is 100 cm³/mol. The Bertz CT molecular complexity index is 895. The standard InChI is InChI=1S/C19H23NO3Si/c1-6-20-13-16(19(22)23-7-2)18(21)15-12-14(8-9-17(15)20)10-11-24(3,4)5/h8-9,12-13H,6-7H2,1-5H3. The van der Waals surface area contributed by atoms with Crippen LogP contribution < -0.4 is 5.43 Å². The zero-order chi connectivity index (χ0) is 17.9. The van der Waals surface area contributed by atoms with Crippen molar-refractivity contribution in [3.05, 3.63) is 45.7 Å². The largest absolute Gasteiger partial charge is 0.462 e. The number of esters is 1. The van der Waals surface area contributed by atoms with Gasteiger partial charge in [-0.05, 0) is 32.0 Å². The zero-order valence-electron chi connectivity index (χ0n) is 14.9. The molecule has 126 valence electrons. The van der Waals surface area contributed by atoms with E-state index in [-0.39, 0.29) is 17.6 Å². The van der Waals surface area contributed by atoms with Crippen LogP contribution in [0.2, 0.25) is 19.6 Å². The van der Waals surface area contributed by atoms with Crippen molar-refractivity contribution in [3.8, 4) is 11.5 Å². The van der Waals surface area contributed by atoms with E-state index in [9.17, 15) is 9.59 Å². The minimum absolute atomic E-state index is 0.0708. The van der Waals surface area contributed by atoms with E-state index in [1.54, 1.807) is 19.2 Å². The van der Waals surface area contributed by atoms with Crippen LogP contribution in [0.25, 0.3) is 10.9 Å². The molecule has 24 heavy (non-hydrogen) atoms. The van der Waals surface area contributed by atoms with Gasteiger partial charge < -0.3 is 9.30 Å². The molecule has 0 amide bonds. The van der Waals surface area contributed by atoms with Gasteiger partial charge in [-0.15, -0.1) is 5.54 Å². The monoisotopic (exact) mass is 341 g/mol. The Kier molecular flexibility index (Phi) is 5.30. The van der Waals surface area contributed by atoms with Gasteiger partial charge in [0.1, 0.15) is 13.6 Å². The summed E-state index contributed by atoms with van der Waals surface area (Å²) < 4.78 is 6.89. The Hall–Kier alpha value is -2.32. The number of pyridine rings is 1. The van der Waals surface area contributed by atoms with E-state index in [0.29, 0.717) is 11.9 Å². The quantitative estimate of drug-likeness (QED) is 0.488. The molecule has 4 nitrogen and oxygen atoms in total. The zero-order valence-corrected chi connectivity index (χ0v) is 15.9. The van der Waals surface area contributed by atoms with Gasteiger partial charge in [0.15, 0.2) is 0 Å². The highest BCUT2D eigenvalue weighted by atomic mass is 28.3. The summed E-state index contributed by atoms with van der Waals surface area (Å²) in [7, 11) is -1.50. The molecule has 0 bridgehead atoms. The maximum atomic E-state index is 12.7.